The van der Waals surface area contributed by atoms with Crippen LogP contribution < -0.4 is 4.74 Å². The van der Waals surface area contributed by atoms with E-state index in [1.807, 2.05) is 11.4 Å². The average Bonchev–Trinajstić information content (AvgIpc) is 2.78. The lowest BCUT2D eigenvalue weighted by molar-refractivity contribution is 0.215. The highest BCUT2D eigenvalue weighted by molar-refractivity contribution is 9.11. The summed E-state index contributed by atoms with van der Waals surface area (Å²) in [5.74, 6) is -0.0974. The minimum atomic E-state index is -0.848. The largest absolute Gasteiger partial charge is 0.496 e. The first-order valence-corrected chi connectivity index (χ1v) is 7.44. The molecule has 1 heterocycles. The Hall–Kier alpha value is -0.430. The lowest BCUT2D eigenvalue weighted by Crippen LogP contribution is -2.02. The normalized spacial score (nSPS) is 12.5. The molecule has 6 heteroatoms. The number of hydrogen-bond acceptors (Lipinski definition) is 3. The molecule has 2 aromatic rings. The fourth-order valence-corrected chi connectivity index (χ4v) is 3.14. The fourth-order valence-electron chi connectivity index (χ4n) is 1.58. The summed E-state index contributed by atoms with van der Waals surface area (Å²) in [6, 6.07) is 4.61. The van der Waals surface area contributed by atoms with E-state index in [2.05, 4.69) is 31.9 Å². The molecule has 1 N–H and O–H groups in total. The molecule has 1 aromatic heterocycles. The Balaban J connectivity index is 2.46. The van der Waals surface area contributed by atoms with E-state index in [1.165, 1.54) is 30.6 Å². The zero-order valence-corrected chi connectivity index (χ0v) is 13.3. The maximum Gasteiger partial charge on any atom is 0.141 e. The van der Waals surface area contributed by atoms with Crippen molar-refractivity contribution in [3.05, 3.63) is 48.8 Å². The molecule has 1 unspecified atom stereocenters. The summed E-state index contributed by atoms with van der Waals surface area (Å²) in [5.41, 5.74) is 1.26. The van der Waals surface area contributed by atoms with Crippen LogP contribution in [0, 0.1) is 5.82 Å². The molecule has 0 amide bonds. The van der Waals surface area contributed by atoms with Crippen LogP contribution in [0.25, 0.3) is 0 Å². The van der Waals surface area contributed by atoms with Crippen molar-refractivity contribution in [2.24, 2.45) is 0 Å². The van der Waals surface area contributed by atoms with Crippen LogP contribution in [0.2, 0.25) is 0 Å². The average molecular weight is 396 g/mol. The third-order valence-corrected chi connectivity index (χ3v) is 4.60. The van der Waals surface area contributed by atoms with Crippen LogP contribution in [0.15, 0.2) is 31.8 Å². The molecule has 0 bridgehead atoms. The van der Waals surface area contributed by atoms with Gasteiger partial charge in [0.1, 0.15) is 17.7 Å². The van der Waals surface area contributed by atoms with Crippen molar-refractivity contribution in [2.45, 2.75) is 6.10 Å². The Labute approximate surface area is 125 Å². The Kier molecular flexibility index (Phi) is 4.42. The van der Waals surface area contributed by atoms with Gasteiger partial charge in [-0.1, -0.05) is 0 Å². The number of halogens is 3. The standard InChI is InChI=1S/C12H9Br2FO2S/c1-17-10-4-9(15)8(13)3-7(10)12(16)6-2-11(14)18-5-6/h2-5,12,16H,1H3. The van der Waals surface area contributed by atoms with Crippen molar-refractivity contribution in [3.63, 3.8) is 0 Å². The van der Waals surface area contributed by atoms with Crippen LogP contribution in [-0.4, -0.2) is 12.2 Å². The summed E-state index contributed by atoms with van der Waals surface area (Å²) in [6.07, 6.45) is -0.848. The Morgan fingerprint density at radius 1 is 1.33 bits per heavy atom. The maximum absolute atomic E-state index is 13.4. The smallest absolute Gasteiger partial charge is 0.141 e. The maximum atomic E-state index is 13.4. The summed E-state index contributed by atoms with van der Waals surface area (Å²) >= 11 is 7.93. The molecule has 0 aliphatic carbocycles. The number of aliphatic hydroxyl groups is 1. The highest BCUT2D eigenvalue weighted by atomic mass is 79.9. The van der Waals surface area contributed by atoms with Crippen LogP contribution in [0.3, 0.4) is 0 Å². The minimum Gasteiger partial charge on any atom is -0.496 e. The van der Waals surface area contributed by atoms with Gasteiger partial charge < -0.3 is 9.84 Å². The number of thiophene rings is 1. The number of aliphatic hydroxyl groups excluding tert-OH is 1. The Bertz CT molecular complexity index is 571. The molecule has 1 aromatic carbocycles. The first-order chi connectivity index (χ1) is 8.52. The van der Waals surface area contributed by atoms with E-state index >= 15 is 0 Å². The Morgan fingerprint density at radius 3 is 2.61 bits per heavy atom. The number of hydrogen-bond donors (Lipinski definition) is 1. The molecule has 0 aliphatic rings. The molecule has 0 fully saturated rings. The van der Waals surface area contributed by atoms with E-state index in [0.29, 0.717) is 15.8 Å². The molecule has 2 nitrogen and oxygen atoms in total. The molecule has 0 spiro atoms. The molecule has 0 saturated heterocycles. The summed E-state index contributed by atoms with van der Waals surface area (Å²) in [7, 11) is 1.45. The van der Waals surface area contributed by atoms with Crippen molar-refractivity contribution in [2.75, 3.05) is 7.11 Å². The number of rotatable bonds is 3. The van der Waals surface area contributed by atoms with Crippen molar-refractivity contribution in [3.8, 4) is 5.75 Å². The Morgan fingerprint density at radius 2 is 2.06 bits per heavy atom. The van der Waals surface area contributed by atoms with Gasteiger partial charge in [0.2, 0.25) is 0 Å². The number of methoxy groups -OCH3 is 1. The van der Waals surface area contributed by atoms with Crippen molar-refractivity contribution in [1.29, 1.82) is 0 Å². The van der Waals surface area contributed by atoms with Gasteiger partial charge in [0.05, 0.1) is 15.4 Å². The van der Waals surface area contributed by atoms with E-state index in [9.17, 15) is 9.50 Å². The van der Waals surface area contributed by atoms with Crippen molar-refractivity contribution < 1.29 is 14.2 Å². The molecule has 96 valence electrons. The van der Waals surface area contributed by atoms with Gasteiger partial charge in [0.15, 0.2) is 0 Å². The van der Waals surface area contributed by atoms with Crippen molar-refractivity contribution in [1.82, 2.24) is 0 Å². The second kappa shape index (κ2) is 5.69. The van der Waals surface area contributed by atoms with Crippen LogP contribution in [0.1, 0.15) is 17.2 Å². The summed E-state index contributed by atoms with van der Waals surface area (Å²) in [6.45, 7) is 0. The van der Waals surface area contributed by atoms with Gasteiger partial charge in [0.25, 0.3) is 0 Å². The molecule has 0 radical (unpaired) electrons. The molecule has 2 rings (SSSR count). The minimum absolute atomic E-state index is 0.298. The first-order valence-electron chi connectivity index (χ1n) is 4.98. The third-order valence-electron chi connectivity index (χ3n) is 2.47. The lowest BCUT2D eigenvalue weighted by Gasteiger charge is -2.14. The summed E-state index contributed by atoms with van der Waals surface area (Å²) in [5, 5.41) is 12.1. The van der Waals surface area contributed by atoms with Gasteiger partial charge in [-0.05, 0) is 54.9 Å². The summed E-state index contributed by atoms with van der Waals surface area (Å²) < 4.78 is 19.7. The zero-order chi connectivity index (χ0) is 13.3. The van der Waals surface area contributed by atoms with E-state index < -0.39 is 11.9 Å². The highest BCUT2D eigenvalue weighted by Gasteiger charge is 2.19. The third kappa shape index (κ3) is 2.77. The van der Waals surface area contributed by atoms with Gasteiger partial charge in [-0.25, -0.2) is 4.39 Å². The van der Waals surface area contributed by atoms with E-state index in [0.717, 1.165) is 9.35 Å². The monoisotopic (exact) mass is 394 g/mol. The van der Waals surface area contributed by atoms with Crippen LogP contribution in [-0.2, 0) is 0 Å². The molecular weight excluding hydrogens is 387 g/mol. The van der Waals surface area contributed by atoms with Crippen LogP contribution >= 0.6 is 43.2 Å². The molecule has 0 aliphatic heterocycles. The highest BCUT2D eigenvalue weighted by Crippen LogP contribution is 2.36. The molecular formula is C12H9Br2FO2S. The summed E-state index contributed by atoms with van der Waals surface area (Å²) in [4.78, 5) is 0. The van der Waals surface area contributed by atoms with Crippen molar-refractivity contribution >= 4 is 43.2 Å². The van der Waals surface area contributed by atoms with E-state index in [1.54, 1.807) is 0 Å². The molecule has 18 heavy (non-hydrogen) atoms. The van der Waals surface area contributed by atoms with Gasteiger partial charge in [-0.15, -0.1) is 11.3 Å². The van der Waals surface area contributed by atoms with Gasteiger partial charge >= 0.3 is 0 Å². The quantitative estimate of drug-likeness (QED) is 0.828. The first kappa shape index (κ1) is 14.0. The van der Waals surface area contributed by atoms with E-state index in [4.69, 9.17) is 4.74 Å². The number of benzene rings is 1. The van der Waals surface area contributed by atoms with Gasteiger partial charge in [-0.3, -0.25) is 0 Å². The van der Waals surface area contributed by atoms with E-state index in [-0.39, 0.29) is 0 Å². The predicted octanol–water partition coefficient (Wildman–Crippen LogP) is 4.50. The topological polar surface area (TPSA) is 29.5 Å². The molecule has 0 saturated carbocycles. The lowest BCUT2D eigenvalue weighted by atomic mass is 10.0. The van der Waals surface area contributed by atoms with Crippen LogP contribution in [0.5, 0.6) is 5.75 Å². The number of ether oxygens (including phenoxy) is 1. The van der Waals surface area contributed by atoms with Gasteiger partial charge in [0, 0.05) is 11.6 Å². The molecule has 1 atom stereocenters. The fraction of sp³-hybridized carbons (Fsp3) is 0.167. The predicted molar refractivity (Wildman–Crippen MR) is 76.7 cm³/mol. The SMILES string of the molecule is COc1cc(F)c(Br)cc1C(O)c1csc(Br)c1. The van der Waals surface area contributed by atoms with Gasteiger partial charge in [-0.2, -0.15) is 0 Å². The second-order valence-corrected chi connectivity index (χ2v) is 6.74. The second-order valence-electron chi connectivity index (χ2n) is 3.59. The van der Waals surface area contributed by atoms with Crippen LogP contribution in [0.4, 0.5) is 4.39 Å². The zero-order valence-electron chi connectivity index (χ0n) is 9.28.